The molecule has 0 aliphatic rings. The third-order valence-corrected chi connectivity index (χ3v) is 4.64. The van der Waals surface area contributed by atoms with Gasteiger partial charge in [-0.2, -0.15) is 5.10 Å². The van der Waals surface area contributed by atoms with E-state index in [0.717, 1.165) is 22.6 Å². The summed E-state index contributed by atoms with van der Waals surface area (Å²) in [6.45, 7) is 5.19. The van der Waals surface area contributed by atoms with Crippen molar-refractivity contribution in [1.29, 1.82) is 0 Å². The number of carbonyl (C=O) groups is 3. The molecular weight excluding hydrogens is 396 g/mol. The molecule has 0 saturated heterocycles. The van der Waals surface area contributed by atoms with E-state index in [1.54, 1.807) is 42.5 Å². The fraction of sp³-hybridized carbons (Fsp3) is 0.130. The van der Waals surface area contributed by atoms with Crippen molar-refractivity contribution in [1.82, 2.24) is 9.99 Å². The van der Waals surface area contributed by atoms with Gasteiger partial charge in [0.05, 0.1) is 11.8 Å². The van der Waals surface area contributed by atoms with Gasteiger partial charge in [0.25, 0.3) is 5.91 Å². The number of carboxylic acids is 1. The van der Waals surface area contributed by atoms with Crippen molar-refractivity contribution in [2.24, 2.45) is 5.10 Å². The Morgan fingerprint density at radius 3 is 2.42 bits per heavy atom. The van der Waals surface area contributed by atoms with Crippen LogP contribution in [0, 0.1) is 13.8 Å². The van der Waals surface area contributed by atoms with Crippen LogP contribution in [0.4, 0.5) is 5.69 Å². The normalized spacial score (nSPS) is 10.8. The monoisotopic (exact) mass is 418 g/mol. The topological polar surface area (TPSA) is 113 Å². The zero-order valence-electron chi connectivity index (χ0n) is 17.3. The molecule has 3 aromatic rings. The molecule has 31 heavy (non-hydrogen) atoms. The Morgan fingerprint density at radius 1 is 1.00 bits per heavy atom. The molecule has 2 amide bonds. The summed E-state index contributed by atoms with van der Waals surface area (Å²) in [6, 6.07) is 15.1. The number of benzene rings is 2. The van der Waals surface area contributed by atoms with Crippen molar-refractivity contribution in [2.45, 2.75) is 20.8 Å². The van der Waals surface area contributed by atoms with Crippen LogP contribution in [-0.4, -0.2) is 33.7 Å². The highest BCUT2D eigenvalue weighted by atomic mass is 16.4. The van der Waals surface area contributed by atoms with Crippen molar-refractivity contribution in [3.05, 3.63) is 82.7 Å². The summed E-state index contributed by atoms with van der Waals surface area (Å²) in [6.07, 6.45) is 1.54. The smallest absolute Gasteiger partial charge is 0.335 e. The van der Waals surface area contributed by atoms with Gasteiger partial charge in [0.15, 0.2) is 0 Å². The molecule has 0 radical (unpaired) electrons. The predicted octanol–water partition coefficient (Wildman–Crippen LogP) is 3.51. The van der Waals surface area contributed by atoms with E-state index in [1.807, 2.05) is 30.5 Å². The van der Waals surface area contributed by atoms with E-state index < -0.39 is 11.9 Å². The number of aromatic carboxylic acids is 1. The van der Waals surface area contributed by atoms with Crippen LogP contribution in [0.1, 0.15) is 44.6 Å². The van der Waals surface area contributed by atoms with Crippen LogP contribution < -0.4 is 10.7 Å². The fourth-order valence-electron chi connectivity index (χ4n) is 3.26. The zero-order valence-corrected chi connectivity index (χ0v) is 17.3. The van der Waals surface area contributed by atoms with Crippen LogP contribution in [0.2, 0.25) is 0 Å². The van der Waals surface area contributed by atoms with Crippen LogP contribution in [-0.2, 0) is 4.79 Å². The van der Waals surface area contributed by atoms with Crippen LogP contribution in [0.25, 0.3) is 5.69 Å². The minimum absolute atomic E-state index is 0.203. The number of aryl methyl sites for hydroxylation is 1. The molecule has 8 heteroatoms. The van der Waals surface area contributed by atoms with Gasteiger partial charge in [-0.05, 0) is 56.3 Å². The highest BCUT2D eigenvalue weighted by Crippen LogP contribution is 2.21. The van der Waals surface area contributed by atoms with Crippen molar-refractivity contribution in [3.63, 3.8) is 0 Å². The number of amides is 2. The van der Waals surface area contributed by atoms with Gasteiger partial charge < -0.3 is 15.0 Å². The second kappa shape index (κ2) is 9.08. The minimum atomic E-state index is -0.989. The summed E-state index contributed by atoms with van der Waals surface area (Å²) in [5.74, 6) is -1.62. The predicted molar refractivity (Wildman–Crippen MR) is 118 cm³/mol. The molecule has 0 unspecified atom stereocenters. The Bertz CT molecular complexity index is 1190. The quantitative estimate of drug-likeness (QED) is 0.420. The van der Waals surface area contributed by atoms with Crippen molar-refractivity contribution in [3.8, 4) is 5.69 Å². The zero-order chi connectivity index (χ0) is 22.5. The lowest BCUT2D eigenvalue weighted by atomic mass is 10.2. The molecule has 0 spiro atoms. The number of rotatable bonds is 6. The molecular formula is C23H22N4O4. The van der Waals surface area contributed by atoms with Gasteiger partial charge in [0.2, 0.25) is 5.91 Å². The maximum Gasteiger partial charge on any atom is 0.335 e. The first kappa shape index (κ1) is 21.5. The van der Waals surface area contributed by atoms with E-state index in [-0.39, 0.29) is 11.5 Å². The summed E-state index contributed by atoms with van der Waals surface area (Å²) in [4.78, 5) is 34.8. The lowest BCUT2D eigenvalue weighted by Crippen LogP contribution is -2.18. The molecule has 0 aliphatic heterocycles. The van der Waals surface area contributed by atoms with Crippen molar-refractivity contribution >= 4 is 29.7 Å². The number of nitrogens with one attached hydrogen (secondary N) is 2. The van der Waals surface area contributed by atoms with Crippen LogP contribution >= 0.6 is 0 Å². The number of carbonyl (C=O) groups excluding carboxylic acids is 2. The van der Waals surface area contributed by atoms with E-state index in [2.05, 4.69) is 15.8 Å². The van der Waals surface area contributed by atoms with Gasteiger partial charge in [-0.15, -0.1) is 0 Å². The Kier molecular flexibility index (Phi) is 6.30. The molecule has 0 aliphatic carbocycles. The third kappa shape index (κ3) is 5.05. The van der Waals surface area contributed by atoms with Crippen molar-refractivity contribution < 1.29 is 19.5 Å². The maximum absolute atomic E-state index is 12.4. The average molecular weight is 418 g/mol. The van der Waals surface area contributed by atoms with E-state index >= 15 is 0 Å². The van der Waals surface area contributed by atoms with E-state index in [4.69, 9.17) is 0 Å². The molecule has 1 aromatic heterocycles. The van der Waals surface area contributed by atoms with Gasteiger partial charge in [-0.25, -0.2) is 10.2 Å². The molecule has 3 N–H and O–H groups in total. The number of carboxylic acid groups (broad SMARTS) is 1. The lowest BCUT2D eigenvalue weighted by Gasteiger charge is -2.10. The molecule has 0 saturated carbocycles. The minimum Gasteiger partial charge on any atom is -0.478 e. The van der Waals surface area contributed by atoms with E-state index in [0.29, 0.717) is 11.3 Å². The Hall–Kier alpha value is -4.20. The average Bonchev–Trinajstić information content (AvgIpc) is 3.01. The number of hydrogen-bond acceptors (Lipinski definition) is 4. The first-order chi connectivity index (χ1) is 14.8. The molecule has 158 valence electrons. The van der Waals surface area contributed by atoms with Gasteiger partial charge in [-0.3, -0.25) is 9.59 Å². The highest BCUT2D eigenvalue weighted by Gasteiger charge is 2.12. The number of hydrogen-bond donors (Lipinski definition) is 3. The lowest BCUT2D eigenvalue weighted by molar-refractivity contribution is -0.114. The largest absolute Gasteiger partial charge is 0.478 e. The second-order valence-electron chi connectivity index (χ2n) is 6.98. The molecule has 2 aromatic carbocycles. The first-order valence-corrected chi connectivity index (χ1v) is 9.50. The van der Waals surface area contributed by atoms with E-state index in [9.17, 15) is 19.5 Å². The number of hydrazone groups is 1. The maximum atomic E-state index is 12.4. The summed E-state index contributed by atoms with van der Waals surface area (Å²) in [7, 11) is 0. The second-order valence-corrected chi connectivity index (χ2v) is 6.98. The summed E-state index contributed by atoms with van der Waals surface area (Å²) in [5, 5.41) is 15.9. The number of anilines is 1. The molecule has 0 fully saturated rings. The highest BCUT2D eigenvalue weighted by molar-refractivity contribution is 5.97. The SMILES string of the molecule is CC(=O)Nc1cccc(C(=O)N/N=C\c2cc(C)n(-c3cccc(C(=O)O)c3)c2C)c1. The van der Waals surface area contributed by atoms with Gasteiger partial charge in [0.1, 0.15) is 0 Å². The summed E-state index contributed by atoms with van der Waals surface area (Å²) in [5.41, 5.74) is 6.83. The first-order valence-electron chi connectivity index (χ1n) is 9.50. The van der Waals surface area contributed by atoms with E-state index in [1.165, 1.54) is 13.1 Å². The van der Waals surface area contributed by atoms with Gasteiger partial charge in [0, 0.05) is 40.8 Å². The van der Waals surface area contributed by atoms with Crippen LogP contribution in [0.15, 0.2) is 59.7 Å². The Balaban J connectivity index is 1.77. The van der Waals surface area contributed by atoms with Gasteiger partial charge in [-0.1, -0.05) is 12.1 Å². The number of aromatic nitrogens is 1. The fourth-order valence-corrected chi connectivity index (χ4v) is 3.26. The summed E-state index contributed by atoms with van der Waals surface area (Å²) >= 11 is 0. The van der Waals surface area contributed by atoms with Crippen LogP contribution in [0.3, 0.4) is 0 Å². The van der Waals surface area contributed by atoms with Crippen molar-refractivity contribution in [2.75, 3.05) is 5.32 Å². The van der Waals surface area contributed by atoms with Gasteiger partial charge >= 0.3 is 5.97 Å². The molecule has 8 nitrogen and oxygen atoms in total. The Morgan fingerprint density at radius 2 is 1.71 bits per heavy atom. The molecule has 0 bridgehead atoms. The summed E-state index contributed by atoms with van der Waals surface area (Å²) < 4.78 is 1.92. The van der Waals surface area contributed by atoms with Crippen LogP contribution in [0.5, 0.6) is 0 Å². The Labute approximate surface area is 179 Å². The molecule has 0 atom stereocenters. The third-order valence-electron chi connectivity index (χ3n) is 4.64. The molecule has 1 heterocycles. The number of nitrogens with zero attached hydrogens (tertiary/aromatic N) is 2. The standard InChI is InChI=1S/C23H22N4O4/c1-14-10-19(15(2)27(14)21-9-5-7-18(12-21)23(30)31)13-24-26-22(29)17-6-4-8-20(11-17)25-16(3)28/h4-13H,1-3H3,(H,25,28)(H,26,29)(H,30,31)/b24-13-. The molecule has 3 rings (SSSR count).